The molecular formula is C15H26N2. The second-order valence-electron chi connectivity index (χ2n) is 4.93. The third-order valence-corrected chi connectivity index (χ3v) is 3.34. The quantitative estimate of drug-likeness (QED) is 0.501. The van der Waals surface area contributed by atoms with Crippen LogP contribution in [0.15, 0.2) is 0 Å². The van der Waals surface area contributed by atoms with Gasteiger partial charge in [-0.15, -0.1) is 0 Å². The van der Waals surface area contributed by atoms with Gasteiger partial charge in [0.25, 0.3) is 0 Å². The summed E-state index contributed by atoms with van der Waals surface area (Å²) in [6.07, 6.45) is 10.7. The lowest BCUT2D eigenvalue weighted by atomic mass is 9.80. The standard InChI is InChI=1S/C15H26N2/c1-3-5-7-9-11-15(13-16,14-17)12-10-8-6-4-2/h3-12H2,1-2H3. The Hall–Kier alpha value is -1.02. The molecule has 2 heteroatoms. The fourth-order valence-corrected chi connectivity index (χ4v) is 2.08. The molecule has 0 amide bonds. The first-order chi connectivity index (χ1) is 8.24. The fourth-order valence-electron chi connectivity index (χ4n) is 2.08. The summed E-state index contributed by atoms with van der Waals surface area (Å²) in [5, 5.41) is 18.4. The maximum atomic E-state index is 9.22. The second-order valence-corrected chi connectivity index (χ2v) is 4.93. The van der Waals surface area contributed by atoms with E-state index in [9.17, 15) is 10.5 Å². The number of unbranched alkanes of at least 4 members (excludes halogenated alkanes) is 6. The summed E-state index contributed by atoms with van der Waals surface area (Å²) >= 11 is 0. The molecule has 0 aliphatic heterocycles. The summed E-state index contributed by atoms with van der Waals surface area (Å²) in [4.78, 5) is 0. The summed E-state index contributed by atoms with van der Waals surface area (Å²) < 4.78 is 0. The molecular weight excluding hydrogens is 208 g/mol. The third kappa shape index (κ3) is 7.01. The van der Waals surface area contributed by atoms with E-state index >= 15 is 0 Å². The first-order valence-corrected chi connectivity index (χ1v) is 7.07. The molecule has 0 heterocycles. The molecule has 0 saturated heterocycles. The van der Waals surface area contributed by atoms with E-state index in [-0.39, 0.29) is 0 Å². The molecule has 0 aliphatic carbocycles. The first kappa shape index (κ1) is 16.0. The Bertz CT molecular complexity index is 229. The average molecular weight is 234 g/mol. The highest BCUT2D eigenvalue weighted by Crippen LogP contribution is 2.30. The molecule has 0 aromatic heterocycles. The number of nitrogens with zero attached hydrogens (tertiary/aromatic N) is 2. The number of hydrogen-bond acceptors (Lipinski definition) is 2. The fraction of sp³-hybridized carbons (Fsp3) is 0.867. The van der Waals surface area contributed by atoms with E-state index < -0.39 is 5.41 Å². The topological polar surface area (TPSA) is 47.6 Å². The van der Waals surface area contributed by atoms with Crippen LogP contribution < -0.4 is 0 Å². The lowest BCUT2D eigenvalue weighted by molar-refractivity contribution is 0.394. The maximum Gasteiger partial charge on any atom is 0.143 e. The monoisotopic (exact) mass is 234 g/mol. The Balaban J connectivity index is 4.00. The van der Waals surface area contributed by atoms with E-state index in [1.54, 1.807) is 0 Å². The number of rotatable bonds is 10. The van der Waals surface area contributed by atoms with Gasteiger partial charge in [0.15, 0.2) is 0 Å². The summed E-state index contributed by atoms with van der Waals surface area (Å²) in [5.74, 6) is 0. The van der Waals surface area contributed by atoms with Crippen LogP contribution in [0.1, 0.15) is 78.1 Å². The zero-order valence-electron chi connectivity index (χ0n) is 11.5. The molecule has 0 aliphatic rings. The minimum Gasteiger partial charge on any atom is -0.197 e. The zero-order valence-corrected chi connectivity index (χ0v) is 11.5. The highest BCUT2D eigenvalue weighted by molar-refractivity contribution is 5.13. The van der Waals surface area contributed by atoms with Crippen molar-refractivity contribution >= 4 is 0 Å². The van der Waals surface area contributed by atoms with Crippen molar-refractivity contribution < 1.29 is 0 Å². The summed E-state index contributed by atoms with van der Waals surface area (Å²) in [6, 6.07) is 4.52. The Kier molecular flexibility index (Phi) is 9.55. The van der Waals surface area contributed by atoms with Gasteiger partial charge < -0.3 is 0 Å². The molecule has 0 fully saturated rings. The molecule has 0 rings (SSSR count). The van der Waals surface area contributed by atoms with Gasteiger partial charge >= 0.3 is 0 Å². The van der Waals surface area contributed by atoms with Gasteiger partial charge in [0.05, 0.1) is 12.1 Å². The van der Waals surface area contributed by atoms with Crippen LogP contribution in [0.25, 0.3) is 0 Å². The molecule has 0 saturated carbocycles. The van der Waals surface area contributed by atoms with Crippen LogP contribution in [0.4, 0.5) is 0 Å². The van der Waals surface area contributed by atoms with E-state index in [0.717, 1.165) is 38.5 Å². The van der Waals surface area contributed by atoms with Gasteiger partial charge in [-0.1, -0.05) is 65.2 Å². The molecule has 0 aromatic carbocycles. The van der Waals surface area contributed by atoms with E-state index in [4.69, 9.17) is 0 Å². The molecule has 0 N–H and O–H groups in total. The zero-order chi connectivity index (χ0) is 13.0. The number of nitriles is 2. The Morgan fingerprint density at radius 3 is 1.41 bits per heavy atom. The minimum absolute atomic E-state index is 0.707. The first-order valence-electron chi connectivity index (χ1n) is 7.07. The van der Waals surface area contributed by atoms with Crippen molar-refractivity contribution in [3.63, 3.8) is 0 Å². The van der Waals surface area contributed by atoms with Crippen molar-refractivity contribution in [1.29, 1.82) is 10.5 Å². The van der Waals surface area contributed by atoms with Crippen molar-refractivity contribution in [1.82, 2.24) is 0 Å². The lowest BCUT2D eigenvalue weighted by Crippen LogP contribution is -2.16. The molecule has 0 spiro atoms. The second kappa shape index (κ2) is 10.2. The molecule has 0 aromatic rings. The number of hydrogen-bond donors (Lipinski definition) is 0. The van der Waals surface area contributed by atoms with Crippen LogP contribution in [-0.2, 0) is 0 Å². The minimum atomic E-state index is -0.707. The summed E-state index contributed by atoms with van der Waals surface area (Å²) in [6.45, 7) is 4.35. The third-order valence-electron chi connectivity index (χ3n) is 3.34. The van der Waals surface area contributed by atoms with Crippen molar-refractivity contribution in [2.75, 3.05) is 0 Å². The Morgan fingerprint density at radius 2 is 1.12 bits per heavy atom. The van der Waals surface area contributed by atoms with Gasteiger partial charge in [0, 0.05) is 0 Å². The molecule has 0 bridgehead atoms. The lowest BCUT2D eigenvalue weighted by Gasteiger charge is -2.18. The summed E-state index contributed by atoms with van der Waals surface area (Å²) in [5.41, 5.74) is -0.707. The smallest absolute Gasteiger partial charge is 0.143 e. The van der Waals surface area contributed by atoms with E-state index in [2.05, 4.69) is 26.0 Å². The van der Waals surface area contributed by atoms with Crippen molar-refractivity contribution in [3.8, 4) is 12.1 Å². The van der Waals surface area contributed by atoms with E-state index in [0.29, 0.717) is 0 Å². The van der Waals surface area contributed by atoms with Crippen LogP contribution in [-0.4, -0.2) is 0 Å². The van der Waals surface area contributed by atoms with Gasteiger partial charge in [-0.2, -0.15) is 10.5 Å². The molecule has 96 valence electrons. The van der Waals surface area contributed by atoms with Crippen LogP contribution in [0.3, 0.4) is 0 Å². The van der Waals surface area contributed by atoms with Gasteiger partial charge in [-0.05, 0) is 12.8 Å². The molecule has 0 atom stereocenters. The average Bonchev–Trinajstić information content (AvgIpc) is 2.37. The van der Waals surface area contributed by atoms with Crippen LogP contribution >= 0.6 is 0 Å². The summed E-state index contributed by atoms with van der Waals surface area (Å²) in [7, 11) is 0. The van der Waals surface area contributed by atoms with Gasteiger partial charge in [0.2, 0.25) is 0 Å². The van der Waals surface area contributed by atoms with Crippen LogP contribution in [0, 0.1) is 28.1 Å². The predicted molar refractivity (Wildman–Crippen MR) is 71.2 cm³/mol. The molecule has 0 radical (unpaired) electrons. The highest BCUT2D eigenvalue weighted by Gasteiger charge is 2.28. The van der Waals surface area contributed by atoms with Crippen molar-refractivity contribution in [2.45, 2.75) is 78.1 Å². The van der Waals surface area contributed by atoms with Gasteiger partial charge in [0.1, 0.15) is 5.41 Å². The largest absolute Gasteiger partial charge is 0.197 e. The predicted octanol–water partition coefficient (Wildman–Crippen LogP) is 4.96. The highest BCUT2D eigenvalue weighted by atomic mass is 14.4. The maximum absolute atomic E-state index is 9.22. The van der Waals surface area contributed by atoms with Crippen molar-refractivity contribution in [2.24, 2.45) is 5.41 Å². The van der Waals surface area contributed by atoms with Gasteiger partial charge in [-0.3, -0.25) is 0 Å². The molecule has 0 unspecified atom stereocenters. The van der Waals surface area contributed by atoms with Crippen molar-refractivity contribution in [3.05, 3.63) is 0 Å². The van der Waals surface area contributed by atoms with Crippen LogP contribution in [0.5, 0.6) is 0 Å². The molecule has 17 heavy (non-hydrogen) atoms. The van der Waals surface area contributed by atoms with Gasteiger partial charge in [-0.25, -0.2) is 0 Å². The SMILES string of the molecule is CCCCCCC(C#N)(C#N)CCCCCC. The van der Waals surface area contributed by atoms with E-state index in [1.165, 1.54) is 25.7 Å². The normalized spacial score (nSPS) is 10.8. The Morgan fingerprint density at radius 1 is 0.706 bits per heavy atom. The Labute approximate surface area is 107 Å². The van der Waals surface area contributed by atoms with Crippen LogP contribution in [0.2, 0.25) is 0 Å². The molecule has 2 nitrogen and oxygen atoms in total. The van der Waals surface area contributed by atoms with E-state index in [1.807, 2.05) is 0 Å².